The lowest BCUT2D eigenvalue weighted by Gasteiger charge is -2.13. The van der Waals surface area contributed by atoms with Crippen LogP contribution in [-0.4, -0.2) is 52.6 Å². The van der Waals surface area contributed by atoms with Crippen LogP contribution in [0.3, 0.4) is 0 Å². The summed E-state index contributed by atoms with van der Waals surface area (Å²) in [6, 6.07) is 5.61. The van der Waals surface area contributed by atoms with Gasteiger partial charge in [-0.3, -0.25) is 9.59 Å². The maximum Gasteiger partial charge on any atom is 0.251 e. The van der Waals surface area contributed by atoms with E-state index in [1.807, 2.05) is 0 Å². The highest BCUT2D eigenvalue weighted by Gasteiger charge is 2.24. The van der Waals surface area contributed by atoms with Crippen LogP contribution in [0.4, 0.5) is 0 Å². The van der Waals surface area contributed by atoms with Gasteiger partial charge in [-0.05, 0) is 38.0 Å². The molecule has 9 heteroatoms. The van der Waals surface area contributed by atoms with Gasteiger partial charge in [0, 0.05) is 24.8 Å². The molecular formula is C16H23N3O5S. The monoisotopic (exact) mass is 369 g/mol. The number of carbonyl (C=O) groups excluding carboxylic acids is 2. The van der Waals surface area contributed by atoms with E-state index in [0.29, 0.717) is 6.61 Å². The zero-order chi connectivity index (χ0) is 18.4. The third kappa shape index (κ3) is 6.11. The van der Waals surface area contributed by atoms with E-state index < -0.39 is 15.9 Å². The molecule has 0 spiro atoms. The van der Waals surface area contributed by atoms with Crippen LogP contribution in [0.25, 0.3) is 0 Å². The average molecular weight is 369 g/mol. The normalized spacial score (nSPS) is 15.4. The summed E-state index contributed by atoms with van der Waals surface area (Å²) in [4.78, 5) is 23.7. The van der Waals surface area contributed by atoms with E-state index in [-0.39, 0.29) is 35.0 Å². The first kappa shape index (κ1) is 19.4. The van der Waals surface area contributed by atoms with Crippen LogP contribution in [0, 0.1) is 0 Å². The quantitative estimate of drug-likeness (QED) is 0.567. The number of ether oxygens (including phenoxy) is 1. The number of hydrogen-bond donors (Lipinski definition) is 3. The molecule has 0 radical (unpaired) electrons. The summed E-state index contributed by atoms with van der Waals surface area (Å²) in [5.74, 6) is -0.763. The zero-order valence-electron chi connectivity index (χ0n) is 14.2. The largest absolute Gasteiger partial charge is 0.383 e. The third-order valence-electron chi connectivity index (χ3n) is 3.57. The van der Waals surface area contributed by atoms with Crippen molar-refractivity contribution in [2.75, 3.05) is 20.3 Å². The van der Waals surface area contributed by atoms with Gasteiger partial charge in [0.2, 0.25) is 15.9 Å². The molecule has 0 aliphatic heterocycles. The van der Waals surface area contributed by atoms with Crippen molar-refractivity contribution >= 4 is 21.8 Å². The number of hydrogen-bond acceptors (Lipinski definition) is 5. The van der Waals surface area contributed by atoms with Gasteiger partial charge in [0.05, 0.1) is 18.0 Å². The summed E-state index contributed by atoms with van der Waals surface area (Å²) in [6.07, 6.45) is 1.86. The van der Waals surface area contributed by atoms with Crippen LogP contribution in [0.15, 0.2) is 29.2 Å². The van der Waals surface area contributed by atoms with Crippen LogP contribution < -0.4 is 15.4 Å². The van der Waals surface area contributed by atoms with Crippen LogP contribution in [-0.2, 0) is 19.6 Å². The molecule has 25 heavy (non-hydrogen) atoms. The topological polar surface area (TPSA) is 114 Å². The summed E-state index contributed by atoms with van der Waals surface area (Å²) in [5, 5.41) is 5.41. The Hall–Kier alpha value is -1.97. The molecule has 1 saturated carbocycles. The van der Waals surface area contributed by atoms with Crippen molar-refractivity contribution in [1.82, 2.24) is 15.4 Å². The summed E-state index contributed by atoms with van der Waals surface area (Å²) in [5.41, 5.74) is 0.216. The molecule has 3 N–H and O–H groups in total. The summed E-state index contributed by atoms with van der Waals surface area (Å²) < 4.78 is 31.8. The fraction of sp³-hybridized carbons (Fsp3) is 0.500. The summed E-state index contributed by atoms with van der Waals surface area (Å²) in [7, 11) is -2.35. The average Bonchev–Trinajstić information content (AvgIpc) is 3.37. The Bertz CT molecular complexity index is 731. The van der Waals surface area contributed by atoms with Crippen molar-refractivity contribution in [1.29, 1.82) is 0 Å². The Morgan fingerprint density at radius 2 is 2.04 bits per heavy atom. The Kier molecular flexibility index (Phi) is 6.51. The molecule has 2 amide bonds. The minimum Gasteiger partial charge on any atom is -0.383 e. The standard InChI is InChI=1S/C16H23N3O5S/c1-11(10-24-2)18-16(21)12-4-3-5-14(8-12)25(22,23)17-9-15(20)19-13-6-7-13/h3-5,8,11,13,17H,6-7,9-10H2,1-2H3,(H,18,21)(H,19,20). The molecule has 138 valence electrons. The fourth-order valence-corrected chi connectivity index (χ4v) is 3.18. The Balaban J connectivity index is 2.00. The van der Waals surface area contributed by atoms with Crippen molar-refractivity contribution in [2.24, 2.45) is 0 Å². The van der Waals surface area contributed by atoms with Gasteiger partial charge in [0.25, 0.3) is 5.91 Å². The molecule has 1 unspecified atom stereocenters. The SMILES string of the molecule is COCC(C)NC(=O)c1cccc(S(=O)(=O)NCC(=O)NC2CC2)c1. The second-order valence-corrected chi connectivity index (χ2v) is 7.79. The molecule has 8 nitrogen and oxygen atoms in total. The lowest BCUT2D eigenvalue weighted by atomic mass is 10.2. The lowest BCUT2D eigenvalue weighted by molar-refractivity contribution is -0.120. The van der Waals surface area contributed by atoms with Gasteiger partial charge < -0.3 is 15.4 Å². The molecule has 1 aromatic rings. The van der Waals surface area contributed by atoms with Gasteiger partial charge in [-0.25, -0.2) is 13.1 Å². The molecule has 0 saturated heterocycles. The first-order chi connectivity index (χ1) is 11.8. The molecule has 1 fully saturated rings. The van der Waals surface area contributed by atoms with Crippen molar-refractivity contribution in [3.63, 3.8) is 0 Å². The molecule has 0 heterocycles. The molecular weight excluding hydrogens is 346 g/mol. The zero-order valence-corrected chi connectivity index (χ0v) is 15.1. The van der Waals surface area contributed by atoms with Gasteiger partial charge in [0.15, 0.2) is 0 Å². The Labute approximate surface area is 147 Å². The number of carbonyl (C=O) groups is 2. The van der Waals surface area contributed by atoms with E-state index in [1.54, 1.807) is 6.92 Å². The number of sulfonamides is 1. The fourth-order valence-electron chi connectivity index (χ4n) is 2.15. The summed E-state index contributed by atoms with van der Waals surface area (Å²) >= 11 is 0. The molecule has 1 atom stereocenters. The van der Waals surface area contributed by atoms with Gasteiger partial charge >= 0.3 is 0 Å². The van der Waals surface area contributed by atoms with Gasteiger partial charge in [0.1, 0.15) is 0 Å². The van der Waals surface area contributed by atoms with E-state index >= 15 is 0 Å². The Morgan fingerprint density at radius 1 is 1.32 bits per heavy atom. The van der Waals surface area contributed by atoms with Crippen LogP contribution in [0.2, 0.25) is 0 Å². The predicted octanol–water partition coefficient (Wildman–Crippen LogP) is 0.00820. The second-order valence-electron chi connectivity index (χ2n) is 6.02. The number of methoxy groups -OCH3 is 1. The third-order valence-corrected chi connectivity index (χ3v) is 4.96. The van der Waals surface area contributed by atoms with Crippen LogP contribution >= 0.6 is 0 Å². The number of rotatable bonds is 9. The smallest absolute Gasteiger partial charge is 0.251 e. The minimum absolute atomic E-state index is 0.0706. The highest BCUT2D eigenvalue weighted by Crippen LogP contribution is 2.18. The Morgan fingerprint density at radius 3 is 2.68 bits per heavy atom. The van der Waals surface area contributed by atoms with Crippen molar-refractivity contribution in [3.05, 3.63) is 29.8 Å². The van der Waals surface area contributed by atoms with E-state index in [9.17, 15) is 18.0 Å². The highest BCUT2D eigenvalue weighted by atomic mass is 32.2. The number of benzene rings is 1. The van der Waals surface area contributed by atoms with E-state index in [2.05, 4.69) is 15.4 Å². The molecule has 1 aliphatic carbocycles. The predicted molar refractivity (Wildman–Crippen MR) is 91.6 cm³/mol. The molecule has 1 aromatic carbocycles. The lowest BCUT2D eigenvalue weighted by Crippen LogP contribution is -2.38. The molecule has 0 bridgehead atoms. The van der Waals surface area contributed by atoms with Crippen LogP contribution in [0.5, 0.6) is 0 Å². The first-order valence-electron chi connectivity index (χ1n) is 8.00. The molecule has 0 aromatic heterocycles. The molecule has 2 rings (SSSR count). The van der Waals surface area contributed by atoms with Crippen LogP contribution in [0.1, 0.15) is 30.1 Å². The maximum absolute atomic E-state index is 12.3. The number of nitrogens with one attached hydrogen (secondary N) is 3. The van der Waals surface area contributed by atoms with E-state index in [0.717, 1.165) is 12.8 Å². The van der Waals surface area contributed by atoms with Gasteiger partial charge in [-0.2, -0.15) is 0 Å². The number of amides is 2. The van der Waals surface area contributed by atoms with Gasteiger partial charge in [-0.1, -0.05) is 6.07 Å². The van der Waals surface area contributed by atoms with E-state index in [4.69, 9.17) is 4.74 Å². The minimum atomic E-state index is -3.88. The van der Waals surface area contributed by atoms with Gasteiger partial charge in [-0.15, -0.1) is 0 Å². The van der Waals surface area contributed by atoms with E-state index in [1.165, 1.54) is 31.4 Å². The van der Waals surface area contributed by atoms with Crippen molar-refractivity contribution in [3.8, 4) is 0 Å². The van der Waals surface area contributed by atoms with Crippen molar-refractivity contribution in [2.45, 2.75) is 36.7 Å². The second kappa shape index (κ2) is 8.41. The maximum atomic E-state index is 12.3. The first-order valence-corrected chi connectivity index (χ1v) is 9.49. The molecule has 1 aliphatic rings. The van der Waals surface area contributed by atoms with Crippen molar-refractivity contribution < 1.29 is 22.7 Å². The summed E-state index contributed by atoms with van der Waals surface area (Å²) in [6.45, 7) is 1.80. The highest BCUT2D eigenvalue weighted by molar-refractivity contribution is 7.89.